The normalized spacial score (nSPS) is 14.7. The Kier molecular flexibility index (Phi) is 2.46. The van der Waals surface area contributed by atoms with Gasteiger partial charge in [-0.1, -0.05) is 0 Å². The number of hydrogen-bond acceptors (Lipinski definition) is 6. The first-order valence-corrected chi connectivity index (χ1v) is 7.19. The molecule has 1 aliphatic heterocycles. The van der Waals surface area contributed by atoms with Crippen LogP contribution in [-0.2, 0) is 0 Å². The van der Waals surface area contributed by atoms with Crippen LogP contribution in [0.25, 0.3) is 21.1 Å². The highest BCUT2D eigenvalue weighted by molar-refractivity contribution is 7.21. The number of fused-ring (bicyclic) bond motifs is 5. The molecule has 0 saturated carbocycles. The van der Waals surface area contributed by atoms with Gasteiger partial charge >= 0.3 is 0 Å². The van der Waals surface area contributed by atoms with E-state index in [0.29, 0.717) is 22.5 Å². The molecule has 1 amide bonds. The second kappa shape index (κ2) is 4.23. The lowest BCUT2D eigenvalue weighted by molar-refractivity contribution is 0.101. The highest BCUT2D eigenvalue weighted by atomic mass is 32.1. The lowest BCUT2D eigenvalue weighted by atomic mass is 10.1. The lowest BCUT2D eigenvalue weighted by Gasteiger charge is -2.05. The van der Waals surface area contributed by atoms with Crippen molar-refractivity contribution in [3.05, 3.63) is 23.2 Å². The number of thiophene rings is 1. The molecule has 0 bridgehead atoms. The van der Waals surface area contributed by atoms with Gasteiger partial charge in [0.25, 0.3) is 5.91 Å². The monoisotopic (exact) mass is 298 g/mol. The summed E-state index contributed by atoms with van der Waals surface area (Å²) in [5.41, 5.74) is 2.77. The summed E-state index contributed by atoms with van der Waals surface area (Å²) < 4.78 is 0.947. The summed E-state index contributed by atoms with van der Waals surface area (Å²) in [6.07, 6.45) is 1.31. The average molecular weight is 298 g/mol. The van der Waals surface area contributed by atoms with Crippen molar-refractivity contribution in [2.45, 2.75) is 6.92 Å². The highest BCUT2D eigenvalue weighted by Crippen LogP contribution is 2.40. The van der Waals surface area contributed by atoms with Crippen molar-refractivity contribution in [2.75, 3.05) is 11.9 Å². The quantitative estimate of drug-likeness (QED) is 0.666. The fraction of sp³-hybridized carbons (Fsp3) is 0.143. The molecule has 0 unspecified atom stereocenters. The lowest BCUT2D eigenvalue weighted by Crippen LogP contribution is -2.08. The fourth-order valence-corrected chi connectivity index (χ4v) is 3.52. The van der Waals surface area contributed by atoms with E-state index in [-0.39, 0.29) is 11.8 Å². The van der Waals surface area contributed by atoms with Gasteiger partial charge < -0.3 is 10.4 Å². The third-order valence-electron chi connectivity index (χ3n) is 3.36. The van der Waals surface area contributed by atoms with Crippen LogP contribution in [0.15, 0.2) is 23.3 Å². The summed E-state index contributed by atoms with van der Waals surface area (Å²) in [4.78, 5) is 25.2. The molecule has 0 spiro atoms. The van der Waals surface area contributed by atoms with Crippen molar-refractivity contribution in [3.63, 3.8) is 0 Å². The average Bonchev–Trinajstić information content (AvgIpc) is 2.77. The molecule has 2 aromatic heterocycles. The van der Waals surface area contributed by atoms with Crippen LogP contribution < -0.4 is 5.32 Å². The Morgan fingerprint density at radius 2 is 2.24 bits per heavy atom. The Morgan fingerprint density at radius 1 is 1.38 bits per heavy atom. The predicted molar refractivity (Wildman–Crippen MR) is 82.5 cm³/mol. The van der Waals surface area contributed by atoms with Gasteiger partial charge in [0.05, 0.1) is 29.5 Å². The number of benzene rings is 1. The van der Waals surface area contributed by atoms with Crippen LogP contribution in [0.5, 0.6) is 5.88 Å². The number of carbonyl (C=O) groups is 1. The van der Waals surface area contributed by atoms with Gasteiger partial charge in [-0.05, 0) is 19.1 Å². The van der Waals surface area contributed by atoms with Gasteiger partial charge in [-0.3, -0.25) is 4.79 Å². The van der Waals surface area contributed by atoms with Crippen LogP contribution in [0.2, 0.25) is 0 Å². The van der Waals surface area contributed by atoms with Crippen LogP contribution in [0.3, 0.4) is 0 Å². The Hall–Kier alpha value is -2.54. The number of carbonyl (C=O) groups excluding carboxylic acids is 1. The SMILES string of the molecule is CC1=NC(=O)c2sc3ccc4nc(O)cnc4c3c2NC1. The molecule has 0 fully saturated rings. The molecule has 0 atom stereocenters. The van der Waals surface area contributed by atoms with E-state index in [1.807, 2.05) is 13.0 Å². The predicted octanol–water partition coefficient (Wildman–Crippen LogP) is 2.58. The van der Waals surface area contributed by atoms with Gasteiger partial charge in [-0.15, -0.1) is 11.3 Å². The molecule has 2 N–H and O–H groups in total. The first-order valence-electron chi connectivity index (χ1n) is 6.37. The van der Waals surface area contributed by atoms with E-state index in [1.165, 1.54) is 17.5 Å². The van der Waals surface area contributed by atoms with Crippen molar-refractivity contribution in [1.82, 2.24) is 9.97 Å². The Morgan fingerprint density at radius 3 is 3.10 bits per heavy atom. The molecule has 3 aromatic rings. The smallest absolute Gasteiger partial charge is 0.289 e. The van der Waals surface area contributed by atoms with Gasteiger partial charge in [-0.2, -0.15) is 0 Å². The van der Waals surface area contributed by atoms with Gasteiger partial charge in [0.1, 0.15) is 4.88 Å². The molecule has 1 aliphatic rings. The summed E-state index contributed by atoms with van der Waals surface area (Å²) in [6, 6.07) is 3.68. The molecule has 7 heteroatoms. The van der Waals surface area contributed by atoms with Gasteiger partial charge in [0, 0.05) is 15.8 Å². The number of nitrogens with one attached hydrogen (secondary N) is 1. The number of aliphatic imine (C=N–C) groups is 1. The topological polar surface area (TPSA) is 87.5 Å². The van der Waals surface area contributed by atoms with Gasteiger partial charge in [0.2, 0.25) is 5.88 Å². The first kappa shape index (κ1) is 12.2. The summed E-state index contributed by atoms with van der Waals surface area (Å²) in [6.45, 7) is 2.34. The Balaban J connectivity index is 2.10. The first-order chi connectivity index (χ1) is 10.1. The van der Waals surface area contributed by atoms with E-state index >= 15 is 0 Å². The molecule has 1 aromatic carbocycles. The number of rotatable bonds is 0. The largest absolute Gasteiger partial charge is 0.492 e. The van der Waals surface area contributed by atoms with E-state index < -0.39 is 0 Å². The molecule has 21 heavy (non-hydrogen) atoms. The maximum Gasteiger partial charge on any atom is 0.289 e. The molecule has 4 rings (SSSR count). The number of anilines is 1. The Labute approximate surface area is 123 Å². The minimum atomic E-state index is -0.228. The zero-order chi connectivity index (χ0) is 14.6. The number of aromatic nitrogens is 2. The molecular formula is C14H10N4O2S. The van der Waals surface area contributed by atoms with Crippen molar-refractivity contribution in [3.8, 4) is 5.88 Å². The number of amides is 1. The van der Waals surface area contributed by atoms with Gasteiger partial charge in [-0.25, -0.2) is 15.0 Å². The molecule has 104 valence electrons. The number of hydrogen-bond donors (Lipinski definition) is 2. The summed E-state index contributed by atoms with van der Waals surface area (Å²) >= 11 is 1.39. The summed E-state index contributed by atoms with van der Waals surface area (Å²) in [5, 5.41) is 13.6. The van der Waals surface area contributed by atoms with Crippen LogP contribution >= 0.6 is 11.3 Å². The standard InChI is InChI=1S/C14H10N4O2S/c1-6-4-15-12-10-8(21-13(12)14(20)17-6)3-2-7-11(10)16-5-9(19)18-7/h2-3,5,15H,4H2,1H3,(H,18,19). The Bertz CT molecular complexity index is 945. The maximum atomic E-state index is 12.2. The van der Waals surface area contributed by atoms with E-state index in [9.17, 15) is 9.90 Å². The molecular weight excluding hydrogens is 288 g/mol. The third-order valence-corrected chi connectivity index (χ3v) is 4.50. The van der Waals surface area contributed by atoms with Crippen LogP contribution in [0.1, 0.15) is 16.6 Å². The van der Waals surface area contributed by atoms with Crippen LogP contribution in [0.4, 0.5) is 5.69 Å². The highest BCUT2D eigenvalue weighted by Gasteiger charge is 2.23. The number of aromatic hydroxyl groups is 1. The fourth-order valence-electron chi connectivity index (χ4n) is 2.46. The van der Waals surface area contributed by atoms with Crippen LogP contribution in [-0.4, -0.2) is 33.2 Å². The summed E-state index contributed by atoms with van der Waals surface area (Å²) in [7, 11) is 0. The summed E-state index contributed by atoms with van der Waals surface area (Å²) in [5.74, 6) is -0.347. The van der Waals surface area contributed by atoms with E-state index in [2.05, 4.69) is 20.3 Å². The minimum absolute atomic E-state index is 0.119. The molecule has 0 saturated heterocycles. The minimum Gasteiger partial charge on any atom is -0.492 e. The molecule has 3 heterocycles. The van der Waals surface area contributed by atoms with Crippen molar-refractivity contribution < 1.29 is 9.90 Å². The third kappa shape index (κ3) is 1.78. The van der Waals surface area contributed by atoms with E-state index in [4.69, 9.17) is 0 Å². The molecule has 6 nitrogen and oxygen atoms in total. The van der Waals surface area contributed by atoms with E-state index in [1.54, 1.807) is 6.07 Å². The second-order valence-electron chi connectivity index (χ2n) is 4.85. The van der Waals surface area contributed by atoms with Crippen LogP contribution in [0, 0.1) is 0 Å². The second-order valence-corrected chi connectivity index (χ2v) is 5.90. The van der Waals surface area contributed by atoms with Gasteiger partial charge in [0.15, 0.2) is 0 Å². The molecule has 0 radical (unpaired) electrons. The van der Waals surface area contributed by atoms with Crippen molar-refractivity contribution >= 4 is 49.8 Å². The number of nitrogens with zero attached hydrogens (tertiary/aromatic N) is 3. The maximum absolute atomic E-state index is 12.2. The molecule has 0 aliphatic carbocycles. The van der Waals surface area contributed by atoms with Crippen molar-refractivity contribution in [2.24, 2.45) is 4.99 Å². The zero-order valence-electron chi connectivity index (χ0n) is 11.0. The van der Waals surface area contributed by atoms with Crippen molar-refractivity contribution in [1.29, 1.82) is 0 Å². The zero-order valence-corrected chi connectivity index (χ0v) is 11.9. The van der Waals surface area contributed by atoms with E-state index in [0.717, 1.165) is 21.5 Å².